The van der Waals surface area contributed by atoms with E-state index in [9.17, 15) is 8.42 Å². The van der Waals surface area contributed by atoms with Crippen molar-refractivity contribution >= 4 is 10.0 Å². The van der Waals surface area contributed by atoms with Crippen molar-refractivity contribution in [3.05, 3.63) is 29.2 Å². The van der Waals surface area contributed by atoms with E-state index in [-0.39, 0.29) is 11.4 Å². The number of hydrogen-bond donors (Lipinski definition) is 1. The number of nitrogens with zero attached hydrogens (tertiary/aromatic N) is 3. The zero-order chi connectivity index (χ0) is 16.6. The second-order valence-electron chi connectivity index (χ2n) is 5.49. The first kappa shape index (κ1) is 16.2. The average Bonchev–Trinajstić information content (AvgIpc) is 3.14. The number of ether oxygens (including phenoxy) is 1. The van der Waals surface area contributed by atoms with Gasteiger partial charge in [0.05, 0.1) is 6.61 Å². The lowest BCUT2D eigenvalue weighted by atomic mass is 10.3. The molecule has 2 aromatic rings. The average molecular weight is 340 g/mol. The maximum atomic E-state index is 12.8. The summed E-state index contributed by atoms with van der Waals surface area (Å²) in [6, 6.07) is 1.55. The SMILES string of the molecule is CCc1nc(C2CN(S(=O)(=O)c3cc(C)oc3C)CCO2)n[nH]1. The molecule has 0 saturated carbocycles. The van der Waals surface area contributed by atoms with E-state index in [1.165, 1.54) is 4.31 Å². The van der Waals surface area contributed by atoms with Gasteiger partial charge in [-0.2, -0.15) is 9.40 Å². The third-order valence-electron chi connectivity index (χ3n) is 3.81. The number of hydrogen-bond acceptors (Lipinski definition) is 6. The molecule has 1 aliphatic rings. The molecule has 1 atom stereocenters. The van der Waals surface area contributed by atoms with Crippen LogP contribution in [0, 0.1) is 13.8 Å². The van der Waals surface area contributed by atoms with Crippen LogP contribution in [0.3, 0.4) is 0 Å². The van der Waals surface area contributed by atoms with E-state index >= 15 is 0 Å². The maximum absolute atomic E-state index is 12.8. The quantitative estimate of drug-likeness (QED) is 0.901. The largest absolute Gasteiger partial charge is 0.465 e. The fourth-order valence-electron chi connectivity index (χ4n) is 2.62. The highest BCUT2D eigenvalue weighted by molar-refractivity contribution is 7.89. The predicted molar refractivity (Wildman–Crippen MR) is 81.4 cm³/mol. The number of aromatic amines is 1. The summed E-state index contributed by atoms with van der Waals surface area (Å²) in [7, 11) is -3.62. The van der Waals surface area contributed by atoms with Gasteiger partial charge in [-0.3, -0.25) is 5.10 Å². The molecule has 9 heteroatoms. The standard InChI is InChI=1S/C14H20N4O4S/c1-4-13-15-14(17-16-13)11-8-18(5-6-21-11)23(19,20)12-7-9(2)22-10(12)3/h7,11H,4-6,8H2,1-3H3,(H,15,16,17). The lowest BCUT2D eigenvalue weighted by Gasteiger charge is -2.30. The first-order chi connectivity index (χ1) is 10.9. The van der Waals surface area contributed by atoms with Crippen LogP contribution < -0.4 is 0 Å². The van der Waals surface area contributed by atoms with Crippen molar-refractivity contribution < 1.29 is 17.6 Å². The highest BCUT2D eigenvalue weighted by Crippen LogP contribution is 2.27. The van der Waals surface area contributed by atoms with Crippen molar-refractivity contribution in [2.45, 2.75) is 38.2 Å². The summed E-state index contributed by atoms with van der Waals surface area (Å²) >= 11 is 0. The van der Waals surface area contributed by atoms with Crippen LogP contribution in [-0.4, -0.2) is 47.6 Å². The van der Waals surface area contributed by atoms with Crippen molar-refractivity contribution in [1.29, 1.82) is 0 Å². The van der Waals surface area contributed by atoms with E-state index in [4.69, 9.17) is 9.15 Å². The Balaban J connectivity index is 1.84. The third-order valence-corrected chi connectivity index (χ3v) is 5.79. The minimum absolute atomic E-state index is 0.188. The molecule has 1 unspecified atom stereocenters. The van der Waals surface area contributed by atoms with Gasteiger partial charge in [-0.05, 0) is 19.9 Å². The molecule has 0 spiro atoms. The molecule has 0 amide bonds. The van der Waals surface area contributed by atoms with E-state index in [0.717, 1.165) is 12.2 Å². The number of aromatic nitrogens is 3. The molecule has 2 aromatic heterocycles. The minimum Gasteiger partial charge on any atom is -0.465 e. The fraction of sp³-hybridized carbons (Fsp3) is 0.571. The molecule has 0 radical (unpaired) electrons. The number of H-pyrrole nitrogens is 1. The van der Waals surface area contributed by atoms with Gasteiger partial charge in [-0.1, -0.05) is 6.92 Å². The lowest BCUT2D eigenvalue weighted by Crippen LogP contribution is -2.42. The van der Waals surface area contributed by atoms with E-state index in [0.29, 0.717) is 30.5 Å². The topological polar surface area (TPSA) is 101 Å². The normalized spacial score (nSPS) is 20.0. The summed E-state index contributed by atoms with van der Waals surface area (Å²) < 4.78 is 38.0. The first-order valence-corrected chi connectivity index (χ1v) is 8.95. The number of sulfonamides is 1. The van der Waals surface area contributed by atoms with Gasteiger partial charge in [0.2, 0.25) is 10.0 Å². The van der Waals surface area contributed by atoms with E-state index < -0.39 is 16.1 Å². The summed E-state index contributed by atoms with van der Waals surface area (Å²) in [6.45, 7) is 6.14. The summed E-state index contributed by atoms with van der Waals surface area (Å²) in [5.74, 6) is 2.22. The zero-order valence-corrected chi connectivity index (χ0v) is 14.2. The Kier molecular flexibility index (Phi) is 4.26. The molecule has 0 aliphatic carbocycles. The van der Waals surface area contributed by atoms with E-state index in [1.807, 2.05) is 6.92 Å². The van der Waals surface area contributed by atoms with Crippen LogP contribution in [-0.2, 0) is 21.2 Å². The monoisotopic (exact) mass is 340 g/mol. The van der Waals surface area contributed by atoms with E-state index in [2.05, 4.69) is 15.2 Å². The second-order valence-corrected chi connectivity index (χ2v) is 7.40. The Morgan fingerprint density at radius 1 is 1.43 bits per heavy atom. The molecule has 3 rings (SSSR count). The van der Waals surface area contributed by atoms with Gasteiger partial charge >= 0.3 is 0 Å². The smallest absolute Gasteiger partial charge is 0.246 e. The zero-order valence-electron chi connectivity index (χ0n) is 13.4. The van der Waals surface area contributed by atoms with Crippen LogP contribution in [0.25, 0.3) is 0 Å². The Hall–Kier alpha value is -1.71. The summed E-state index contributed by atoms with van der Waals surface area (Å²) in [5, 5.41) is 6.95. The molecule has 126 valence electrons. The van der Waals surface area contributed by atoms with Gasteiger partial charge in [-0.15, -0.1) is 0 Å². The first-order valence-electron chi connectivity index (χ1n) is 7.51. The van der Waals surface area contributed by atoms with Gasteiger partial charge < -0.3 is 9.15 Å². The molecule has 1 saturated heterocycles. The number of furan rings is 1. The molecule has 8 nitrogen and oxygen atoms in total. The molecule has 1 N–H and O–H groups in total. The second kappa shape index (κ2) is 6.06. The van der Waals surface area contributed by atoms with Crippen LogP contribution in [0.5, 0.6) is 0 Å². The van der Waals surface area contributed by atoms with Crippen molar-refractivity contribution in [3.8, 4) is 0 Å². The van der Waals surface area contributed by atoms with Crippen LogP contribution in [0.4, 0.5) is 0 Å². The van der Waals surface area contributed by atoms with Gasteiger partial charge in [0.15, 0.2) is 5.82 Å². The number of morpholine rings is 1. The number of rotatable bonds is 4. The van der Waals surface area contributed by atoms with Crippen molar-refractivity contribution in [3.63, 3.8) is 0 Å². The van der Waals surface area contributed by atoms with Crippen LogP contribution in [0.15, 0.2) is 15.4 Å². The molecule has 0 aromatic carbocycles. The Bertz CT molecular complexity index is 796. The van der Waals surface area contributed by atoms with Gasteiger partial charge in [0.1, 0.15) is 28.3 Å². The lowest BCUT2D eigenvalue weighted by molar-refractivity contribution is -0.00738. The molecule has 1 fully saturated rings. The molecule has 1 aliphatic heterocycles. The van der Waals surface area contributed by atoms with Gasteiger partial charge in [0.25, 0.3) is 0 Å². The highest BCUT2D eigenvalue weighted by Gasteiger charge is 2.35. The van der Waals surface area contributed by atoms with Crippen molar-refractivity contribution in [2.24, 2.45) is 0 Å². The maximum Gasteiger partial charge on any atom is 0.246 e. The summed E-state index contributed by atoms with van der Waals surface area (Å²) in [5.41, 5.74) is 0. The number of aryl methyl sites for hydroxylation is 3. The number of nitrogens with one attached hydrogen (secondary N) is 1. The van der Waals surface area contributed by atoms with Crippen molar-refractivity contribution in [1.82, 2.24) is 19.5 Å². The fourth-order valence-corrected chi connectivity index (χ4v) is 4.26. The Morgan fingerprint density at radius 3 is 2.83 bits per heavy atom. The molecule has 23 heavy (non-hydrogen) atoms. The highest BCUT2D eigenvalue weighted by atomic mass is 32.2. The van der Waals surface area contributed by atoms with Crippen LogP contribution in [0.2, 0.25) is 0 Å². The molecular formula is C14H20N4O4S. The minimum atomic E-state index is -3.62. The van der Waals surface area contributed by atoms with Crippen molar-refractivity contribution in [2.75, 3.05) is 19.7 Å². The predicted octanol–water partition coefficient (Wildman–Crippen LogP) is 1.34. The molecular weight excluding hydrogens is 320 g/mol. The summed E-state index contributed by atoms with van der Waals surface area (Å²) in [4.78, 5) is 4.54. The summed E-state index contributed by atoms with van der Waals surface area (Å²) in [6.07, 6.45) is 0.262. The van der Waals surface area contributed by atoms with Crippen LogP contribution in [0.1, 0.15) is 36.2 Å². The Labute approximate surface area is 134 Å². The van der Waals surface area contributed by atoms with Gasteiger partial charge in [0, 0.05) is 19.5 Å². The molecule has 3 heterocycles. The third kappa shape index (κ3) is 3.04. The van der Waals surface area contributed by atoms with E-state index in [1.54, 1.807) is 19.9 Å². The molecule has 0 bridgehead atoms. The van der Waals surface area contributed by atoms with Crippen LogP contribution >= 0.6 is 0 Å². The van der Waals surface area contributed by atoms with Gasteiger partial charge in [-0.25, -0.2) is 13.4 Å². The Morgan fingerprint density at radius 2 is 2.22 bits per heavy atom.